The van der Waals surface area contributed by atoms with E-state index in [0.29, 0.717) is 0 Å². The second-order valence-electron chi connectivity index (χ2n) is 3.89. The van der Waals surface area contributed by atoms with Crippen LogP contribution in [0.2, 0.25) is 0 Å². The minimum atomic E-state index is 0.289. The summed E-state index contributed by atoms with van der Waals surface area (Å²) in [4.78, 5) is 0. The number of phenols is 1. The maximum absolute atomic E-state index is 9.42. The van der Waals surface area contributed by atoms with Crippen molar-refractivity contribution >= 4 is 22.5 Å². The molecule has 0 aromatic heterocycles. The summed E-state index contributed by atoms with van der Waals surface area (Å²) in [5, 5.41) is 11.5. The lowest BCUT2D eigenvalue weighted by Crippen LogP contribution is -1.98. The van der Waals surface area contributed by atoms with Crippen LogP contribution < -0.4 is 4.74 Å². The van der Waals surface area contributed by atoms with Gasteiger partial charge in [-0.05, 0) is 53.5 Å². The molecule has 0 saturated carbocycles. The second kappa shape index (κ2) is 5.82. The first-order valence-electron chi connectivity index (χ1n) is 5.64. The molecule has 90 valence electrons. The Kier molecular flexibility index (Phi) is 4.15. The van der Waals surface area contributed by atoms with E-state index in [9.17, 15) is 5.11 Å². The van der Waals surface area contributed by atoms with Crippen LogP contribution in [0.3, 0.4) is 0 Å². The number of ether oxygens (including phenoxy) is 1. The SMILES string of the molecule is CSCCCOc1ccc2ccc(O)cc2c1. The van der Waals surface area contributed by atoms with Crippen molar-refractivity contribution < 1.29 is 9.84 Å². The average molecular weight is 248 g/mol. The Bertz CT molecular complexity index is 497. The van der Waals surface area contributed by atoms with Gasteiger partial charge in [0.1, 0.15) is 11.5 Å². The van der Waals surface area contributed by atoms with E-state index >= 15 is 0 Å². The van der Waals surface area contributed by atoms with Gasteiger partial charge in [0, 0.05) is 0 Å². The van der Waals surface area contributed by atoms with Gasteiger partial charge in [-0.3, -0.25) is 0 Å². The highest BCUT2D eigenvalue weighted by molar-refractivity contribution is 7.98. The molecule has 0 aliphatic rings. The van der Waals surface area contributed by atoms with E-state index < -0.39 is 0 Å². The van der Waals surface area contributed by atoms with Gasteiger partial charge >= 0.3 is 0 Å². The Hall–Kier alpha value is -1.35. The minimum absolute atomic E-state index is 0.289. The summed E-state index contributed by atoms with van der Waals surface area (Å²) in [5.41, 5.74) is 0. The van der Waals surface area contributed by atoms with E-state index in [-0.39, 0.29) is 5.75 Å². The van der Waals surface area contributed by atoms with E-state index in [1.54, 1.807) is 12.1 Å². The predicted octanol–water partition coefficient (Wildman–Crippen LogP) is 3.68. The number of hydrogen-bond donors (Lipinski definition) is 1. The van der Waals surface area contributed by atoms with Gasteiger partial charge in [0.2, 0.25) is 0 Å². The van der Waals surface area contributed by atoms with Crippen LogP contribution in [0, 0.1) is 0 Å². The van der Waals surface area contributed by atoms with E-state index in [2.05, 4.69) is 6.26 Å². The Morgan fingerprint density at radius 3 is 2.76 bits per heavy atom. The summed E-state index contributed by atoms with van der Waals surface area (Å²) in [6.07, 6.45) is 3.15. The first-order valence-corrected chi connectivity index (χ1v) is 7.03. The van der Waals surface area contributed by atoms with Gasteiger partial charge in [0.15, 0.2) is 0 Å². The van der Waals surface area contributed by atoms with Crippen molar-refractivity contribution in [2.75, 3.05) is 18.6 Å². The molecule has 2 rings (SSSR count). The lowest BCUT2D eigenvalue weighted by atomic mass is 10.1. The highest BCUT2D eigenvalue weighted by atomic mass is 32.2. The van der Waals surface area contributed by atoms with Crippen LogP contribution >= 0.6 is 11.8 Å². The zero-order chi connectivity index (χ0) is 12.1. The summed E-state index contributed by atoms with van der Waals surface area (Å²) >= 11 is 1.83. The Morgan fingerprint density at radius 1 is 1.12 bits per heavy atom. The fourth-order valence-electron chi connectivity index (χ4n) is 1.70. The molecule has 0 saturated heterocycles. The molecule has 0 bridgehead atoms. The van der Waals surface area contributed by atoms with Crippen molar-refractivity contribution in [1.29, 1.82) is 0 Å². The van der Waals surface area contributed by atoms with Crippen LogP contribution in [0.25, 0.3) is 10.8 Å². The van der Waals surface area contributed by atoms with E-state index in [1.165, 1.54) is 0 Å². The van der Waals surface area contributed by atoms with Crippen molar-refractivity contribution in [1.82, 2.24) is 0 Å². The Labute approximate surface area is 106 Å². The first kappa shape index (κ1) is 12.1. The van der Waals surface area contributed by atoms with Gasteiger partial charge in [-0.25, -0.2) is 0 Å². The van der Waals surface area contributed by atoms with Crippen LogP contribution in [-0.4, -0.2) is 23.7 Å². The van der Waals surface area contributed by atoms with Crippen LogP contribution in [0.1, 0.15) is 6.42 Å². The summed E-state index contributed by atoms with van der Waals surface area (Å²) in [5.74, 6) is 2.27. The van der Waals surface area contributed by atoms with Gasteiger partial charge in [-0.2, -0.15) is 11.8 Å². The number of phenolic OH excluding ortho intramolecular Hbond substituents is 1. The molecule has 0 heterocycles. The van der Waals surface area contributed by atoms with Gasteiger partial charge in [0.25, 0.3) is 0 Å². The highest BCUT2D eigenvalue weighted by Gasteiger charge is 1.98. The van der Waals surface area contributed by atoms with Crippen LogP contribution in [-0.2, 0) is 0 Å². The molecule has 0 radical (unpaired) electrons. The van der Waals surface area contributed by atoms with Crippen molar-refractivity contribution in [2.45, 2.75) is 6.42 Å². The van der Waals surface area contributed by atoms with Crippen molar-refractivity contribution in [2.24, 2.45) is 0 Å². The fraction of sp³-hybridized carbons (Fsp3) is 0.286. The maximum Gasteiger partial charge on any atom is 0.119 e. The van der Waals surface area contributed by atoms with Crippen molar-refractivity contribution in [3.8, 4) is 11.5 Å². The highest BCUT2D eigenvalue weighted by Crippen LogP contribution is 2.24. The Balaban J connectivity index is 2.08. The monoisotopic (exact) mass is 248 g/mol. The van der Waals surface area contributed by atoms with Crippen LogP contribution in [0.15, 0.2) is 36.4 Å². The largest absolute Gasteiger partial charge is 0.508 e. The van der Waals surface area contributed by atoms with Crippen LogP contribution in [0.5, 0.6) is 11.5 Å². The molecule has 2 nitrogen and oxygen atoms in total. The smallest absolute Gasteiger partial charge is 0.119 e. The summed E-state index contributed by atoms with van der Waals surface area (Å²) in [6, 6.07) is 11.3. The van der Waals surface area contributed by atoms with Gasteiger partial charge in [-0.1, -0.05) is 12.1 Å². The van der Waals surface area contributed by atoms with Crippen LogP contribution in [0.4, 0.5) is 0 Å². The molecule has 2 aromatic rings. The third-order valence-electron chi connectivity index (χ3n) is 2.56. The molecular weight excluding hydrogens is 232 g/mol. The summed E-state index contributed by atoms with van der Waals surface area (Å²) < 4.78 is 5.66. The lowest BCUT2D eigenvalue weighted by Gasteiger charge is -2.07. The molecule has 0 atom stereocenters. The molecule has 0 amide bonds. The van der Waals surface area contributed by atoms with E-state index in [1.807, 2.05) is 36.0 Å². The average Bonchev–Trinajstić information content (AvgIpc) is 2.34. The number of fused-ring (bicyclic) bond motifs is 1. The number of benzene rings is 2. The first-order chi connectivity index (χ1) is 8.29. The minimum Gasteiger partial charge on any atom is -0.508 e. The molecule has 2 aromatic carbocycles. The molecule has 1 N–H and O–H groups in total. The molecule has 0 fully saturated rings. The van der Waals surface area contributed by atoms with E-state index in [4.69, 9.17) is 4.74 Å². The van der Waals surface area contributed by atoms with Crippen molar-refractivity contribution in [3.05, 3.63) is 36.4 Å². The Morgan fingerprint density at radius 2 is 1.94 bits per heavy atom. The number of thioether (sulfide) groups is 1. The number of rotatable bonds is 5. The normalized spacial score (nSPS) is 10.6. The maximum atomic E-state index is 9.42. The predicted molar refractivity (Wildman–Crippen MR) is 74.1 cm³/mol. The molecule has 0 spiro atoms. The third-order valence-corrected chi connectivity index (χ3v) is 3.25. The molecule has 3 heteroatoms. The second-order valence-corrected chi connectivity index (χ2v) is 4.87. The quantitative estimate of drug-likeness (QED) is 0.818. The fourth-order valence-corrected chi connectivity index (χ4v) is 2.10. The van der Waals surface area contributed by atoms with Gasteiger partial charge < -0.3 is 9.84 Å². The molecule has 0 aliphatic carbocycles. The topological polar surface area (TPSA) is 29.5 Å². The molecule has 17 heavy (non-hydrogen) atoms. The third kappa shape index (κ3) is 3.30. The van der Waals surface area contributed by atoms with Gasteiger partial charge in [-0.15, -0.1) is 0 Å². The number of hydrogen-bond acceptors (Lipinski definition) is 3. The summed E-state index contributed by atoms with van der Waals surface area (Å²) in [6.45, 7) is 0.741. The zero-order valence-electron chi connectivity index (χ0n) is 9.85. The molecular formula is C14H16O2S. The summed E-state index contributed by atoms with van der Waals surface area (Å²) in [7, 11) is 0. The number of aromatic hydroxyl groups is 1. The zero-order valence-corrected chi connectivity index (χ0v) is 10.7. The van der Waals surface area contributed by atoms with E-state index in [0.717, 1.165) is 35.3 Å². The van der Waals surface area contributed by atoms with Crippen molar-refractivity contribution in [3.63, 3.8) is 0 Å². The molecule has 0 aliphatic heterocycles. The van der Waals surface area contributed by atoms with Gasteiger partial charge in [0.05, 0.1) is 6.61 Å². The lowest BCUT2D eigenvalue weighted by molar-refractivity contribution is 0.319. The standard InChI is InChI=1S/C14H16O2S/c1-17-8-2-7-16-14-6-4-11-3-5-13(15)9-12(11)10-14/h3-6,9-10,15H,2,7-8H2,1H3. The molecule has 0 unspecified atom stereocenters.